The van der Waals surface area contributed by atoms with Crippen molar-refractivity contribution < 1.29 is 30.0 Å². The van der Waals surface area contributed by atoms with Gasteiger partial charge in [0.05, 0.1) is 0 Å². The molecule has 20 heavy (non-hydrogen) atoms. The Bertz CT molecular complexity index is 254. The molecule has 2 atom stereocenters. The zero-order valence-corrected chi connectivity index (χ0v) is 12.4. The van der Waals surface area contributed by atoms with Crippen molar-refractivity contribution in [2.45, 2.75) is 77.4 Å². The molecule has 120 valence electrons. The van der Waals surface area contributed by atoms with E-state index in [0.29, 0.717) is 6.42 Å². The first-order valence-electron chi connectivity index (χ1n) is 7.18. The summed E-state index contributed by atoms with van der Waals surface area (Å²) in [6, 6.07) is 0. The molecule has 0 aromatic heterocycles. The van der Waals surface area contributed by atoms with Gasteiger partial charge in [0.2, 0.25) is 0 Å². The van der Waals surface area contributed by atoms with Crippen LogP contribution in [0, 0.1) is 0 Å². The van der Waals surface area contributed by atoms with E-state index in [0.717, 1.165) is 19.3 Å². The van der Waals surface area contributed by atoms with Gasteiger partial charge < -0.3 is 20.4 Å². The molecule has 0 aromatic rings. The summed E-state index contributed by atoms with van der Waals surface area (Å²) in [5, 5.41) is 33.6. The fraction of sp³-hybridized carbons (Fsp3) is 0.857. The molecule has 0 fully saturated rings. The first kappa shape index (κ1) is 21.2. The highest BCUT2D eigenvalue weighted by Crippen LogP contribution is 2.08. The maximum absolute atomic E-state index is 10.2. The molecule has 0 radical (unpaired) electrons. The van der Waals surface area contributed by atoms with Gasteiger partial charge in [0.25, 0.3) is 0 Å². The molecule has 6 nitrogen and oxygen atoms in total. The molecule has 0 aliphatic heterocycles. The zero-order chi connectivity index (χ0) is 16.0. The zero-order valence-electron chi connectivity index (χ0n) is 12.4. The second kappa shape index (κ2) is 14.3. The Kier molecular flexibility index (Phi) is 15.1. The molecule has 0 aromatic carbocycles. The summed E-state index contributed by atoms with van der Waals surface area (Å²) in [4.78, 5) is 19.9. The Morgan fingerprint density at radius 3 is 1.60 bits per heavy atom. The van der Waals surface area contributed by atoms with Crippen LogP contribution >= 0.6 is 0 Å². The van der Waals surface area contributed by atoms with Crippen LogP contribution in [0.3, 0.4) is 0 Å². The Labute approximate surface area is 120 Å². The SMILES string of the molecule is CCC(O)C(=O)O.CCCCCCCCC(O)C(=O)O. The molecule has 0 aliphatic rings. The fourth-order valence-electron chi connectivity index (χ4n) is 1.42. The standard InChI is InChI=1S/C10H20O3.C4H8O3/c1-2-3-4-5-6-7-8-9(11)10(12)13;1-2-3(5)4(6)7/h9,11H,2-8H2,1H3,(H,12,13);3,5H,2H2,1H3,(H,6,7). The molecule has 0 saturated carbocycles. The molecular formula is C14H28O6. The minimum atomic E-state index is -1.18. The highest BCUT2D eigenvalue weighted by molar-refractivity contribution is 5.72. The number of aliphatic carboxylic acids is 2. The molecule has 0 amide bonds. The average molecular weight is 292 g/mol. The number of carboxylic acid groups (broad SMARTS) is 2. The summed E-state index contributed by atoms with van der Waals surface area (Å²) < 4.78 is 0. The summed E-state index contributed by atoms with van der Waals surface area (Å²) in [5.41, 5.74) is 0. The maximum Gasteiger partial charge on any atom is 0.332 e. The third-order valence-corrected chi connectivity index (χ3v) is 2.79. The molecule has 2 unspecified atom stereocenters. The smallest absolute Gasteiger partial charge is 0.332 e. The van der Waals surface area contributed by atoms with Gasteiger partial charge in [0, 0.05) is 0 Å². The average Bonchev–Trinajstić information content (AvgIpc) is 2.41. The molecule has 0 aliphatic carbocycles. The second-order valence-electron chi connectivity index (χ2n) is 4.67. The molecule has 4 N–H and O–H groups in total. The lowest BCUT2D eigenvalue weighted by molar-refractivity contribution is -0.147. The van der Waals surface area contributed by atoms with Gasteiger partial charge in [-0.05, 0) is 12.8 Å². The molecule has 0 rings (SSSR count). The lowest BCUT2D eigenvalue weighted by Crippen LogP contribution is -2.18. The van der Waals surface area contributed by atoms with Gasteiger partial charge >= 0.3 is 11.9 Å². The predicted octanol–water partition coefficient (Wildman–Crippen LogP) is 2.02. The van der Waals surface area contributed by atoms with Crippen LogP contribution in [0.2, 0.25) is 0 Å². The Hall–Kier alpha value is -1.14. The van der Waals surface area contributed by atoms with Gasteiger partial charge in [0.1, 0.15) is 0 Å². The van der Waals surface area contributed by atoms with Crippen LogP contribution in [0.25, 0.3) is 0 Å². The number of unbranched alkanes of at least 4 members (excludes halogenated alkanes) is 5. The second-order valence-corrected chi connectivity index (χ2v) is 4.67. The number of rotatable bonds is 10. The van der Waals surface area contributed by atoms with Crippen LogP contribution in [0.1, 0.15) is 65.2 Å². The van der Waals surface area contributed by atoms with E-state index in [2.05, 4.69) is 6.92 Å². The number of aliphatic hydroxyl groups is 2. The third-order valence-electron chi connectivity index (χ3n) is 2.79. The number of hydrogen-bond donors (Lipinski definition) is 4. The molecular weight excluding hydrogens is 264 g/mol. The van der Waals surface area contributed by atoms with Crippen molar-refractivity contribution in [1.29, 1.82) is 0 Å². The van der Waals surface area contributed by atoms with Crippen molar-refractivity contribution >= 4 is 11.9 Å². The van der Waals surface area contributed by atoms with Crippen LogP contribution in [-0.4, -0.2) is 44.6 Å². The lowest BCUT2D eigenvalue weighted by atomic mass is 10.1. The normalized spacial score (nSPS) is 13.0. The van der Waals surface area contributed by atoms with E-state index in [4.69, 9.17) is 20.4 Å². The summed E-state index contributed by atoms with van der Waals surface area (Å²) >= 11 is 0. The molecule has 0 bridgehead atoms. The van der Waals surface area contributed by atoms with Gasteiger partial charge in [-0.15, -0.1) is 0 Å². The molecule has 0 saturated heterocycles. The molecule has 0 spiro atoms. The van der Waals surface area contributed by atoms with E-state index in [9.17, 15) is 9.59 Å². The van der Waals surface area contributed by atoms with Crippen LogP contribution in [0.5, 0.6) is 0 Å². The topological polar surface area (TPSA) is 115 Å². The third kappa shape index (κ3) is 14.9. The van der Waals surface area contributed by atoms with Crippen molar-refractivity contribution in [3.63, 3.8) is 0 Å². The first-order chi connectivity index (χ1) is 9.36. The predicted molar refractivity (Wildman–Crippen MR) is 75.6 cm³/mol. The highest BCUT2D eigenvalue weighted by Gasteiger charge is 2.11. The fourth-order valence-corrected chi connectivity index (χ4v) is 1.42. The molecule has 0 heterocycles. The largest absolute Gasteiger partial charge is 0.479 e. The number of aliphatic hydroxyl groups excluding tert-OH is 2. The Balaban J connectivity index is 0. The number of hydrogen-bond acceptors (Lipinski definition) is 4. The van der Waals surface area contributed by atoms with Gasteiger partial charge in [-0.2, -0.15) is 0 Å². The van der Waals surface area contributed by atoms with Crippen molar-refractivity contribution in [2.24, 2.45) is 0 Å². The minimum absolute atomic E-state index is 0.273. The van der Waals surface area contributed by atoms with Gasteiger partial charge in [-0.3, -0.25) is 0 Å². The summed E-state index contributed by atoms with van der Waals surface area (Å²) in [6.45, 7) is 3.77. The van der Waals surface area contributed by atoms with E-state index in [1.165, 1.54) is 19.3 Å². The van der Waals surface area contributed by atoms with Crippen LogP contribution in [0.4, 0.5) is 0 Å². The van der Waals surface area contributed by atoms with Crippen LogP contribution in [0.15, 0.2) is 0 Å². The van der Waals surface area contributed by atoms with Crippen LogP contribution < -0.4 is 0 Å². The van der Waals surface area contributed by atoms with Crippen molar-refractivity contribution in [3.8, 4) is 0 Å². The van der Waals surface area contributed by atoms with Gasteiger partial charge in [0.15, 0.2) is 12.2 Å². The minimum Gasteiger partial charge on any atom is -0.479 e. The van der Waals surface area contributed by atoms with Crippen molar-refractivity contribution in [2.75, 3.05) is 0 Å². The highest BCUT2D eigenvalue weighted by atomic mass is 16.4. The van der Waals surface area contributed by atoms with E-state index in [1.807, 2.05) is 0 Å². The summed E-state index contributed by atoms with van der Waals surface area (Å²) in [5.74, 6) is -2.25. The van der Waals surface area contributed by atoms with Gasteiger partial charge in [-0.1, -0.05) is 52.4 Å². The lowest BCUT2D eigenvalue weighted by Gasteiger charge is -2.04. The Morgan fingerprint density at radius 1 is 0.800 bits per heavy atom. The van der Waals surface area contributed by atoms with E-state index in [-0.39, 0.29) is 6.42 Å². The quantitative estimate of drug-likeness (QED) is 0.458. The van der Waals surface area contributed by atoms with Crippen molar-refractivity contribution in [3.05, 3.63) is 0 Å². The number of carboxylic acids is 2. The van der Waals surface area contributed by atoms with E-state index in [1.54, 1.807) is 6.92 Å². The number of carbonyl (C=O) groups is 2. The maximum atomic E-state index is 10.2. The summed E-state index contributed by atoms with van der Waals surface area (Å²) in [6.07, 6.45) is 5.02. The molecule has 6 heteroatoms. The monoisotopic (exact) mass is 292 g/mol. The van der Waals surface area contributed by atoms with E-state index < -0.39 is 24.1 Å². The summed E-state index contributed by atoms with van der Waals surface area (Å²) in [7, 11) is 0. The van der Waals surface area contributed by atoms with Gasteiger partial charge in [-0.25, -0.2) is 9.59 Å². The van der Waals surface area contributed by atoms with E-state index >= 15 is 0 Å². The van der Waals surface area contributed by atoms with Crippen LogP contribution in [-0.2, 0) is 9.59 Å². The first-order valence-corrected chi connectivity index (χ1v) is 7.18. The van der Waals surface area contributed by atoms with Crippen molar-refractivity contribution in [1.82, 2.24) is 0 Å². The Morgan fingerprint density at radius 2 is 1.25 bits per heavy atom.